The number of hydrogen-bond acceptors (Lipinski definition) is 5. The minimum atomic E-state index is -0.409. The molecule has 0 aromatic heterocycles. The zero-order valence-corrected chi connectivity index (χ0v) is 11.4. The lowest BCUT2D eigenvalue weighted by Crippen LogP contribution is -2.50. The van der Waals surface area contributed by atoms with Crippen LogP contribution >= 0.6 is 0 Å². The number of hydrogen-bond donors (Lipinski definition) is 1. The fourth-order valence-electron chi connectivity index (χ4n) is 3.01. The van der Waals surface area contributed by atoms with E-state index in [1.54, 1.807) is 0 Å². The Balaban J connectivity index is 1.45. The Bertz CT molecular complexity index is 389. The maximum Gasteiger partial charge on any atom is 0.410 e. The summed E-state index contributed by atoms with van der Waals surface area (Å²) in [6.07, 6.45) is 2.42. The second-order valence-corrected chi connectivity index (χ2v) is 5.43. The highest BCUT2D eigenvalue weighted by molar-refractivity contribution is 5.83. The van der Waals surface area contributed by atoms with E-state index in [0.29, 0.717) is 26.4 Å². The van der Waals surface area contributed by atoms with Crippen molar-refractivity contribution in [3.63, 3.8) is 0 Å². The molecule has 0 aromatic carbocycles. The fraction of sp³-hybridized carbons (Fsp3) is 0.846. The molecule has 3 aliphatic rings. The average molecular weight is 284 g/mol. The topological polar surface area (TPSA) is 77.1 Å². The van der Waals surface area contributed by atoms with Gasteiger partial charge in [0, 0.05) is 6.04 Å². The number of nitrogens with one attached hydrogen (secondary N) is 1. The van der Waals surface area contributed by atoms with Crippen LogP contribution in [0, 0.1) is 0 Å². The van der Waals surface area contributed by atoms with Crippen LogP contribution in [0.15, 0.2) is 0 Å². The first-order valence-corrected chi connectivity index (χ1v) is 7.16. The van der Waals surface area contributed by atoms with Gasteiger partial charge in [0.05, 0.1) is 32.0 Å². The lowest BCUT2D eigenvalue weighted by molar-refractivity contribution is -0.158. The summed E-state index contributed by atoms with van der Waals surface area (Å²) in [6, 6.07) is 0.101. The molecular formula is C13H20N2O5. The van der Waals surface area contributed by atoms with Crippen LogP contribution in [0.5, 0.6) is 0 Å². The largest absolute Gasteiger partial charge is 0.448 e. The number of carbonyl (C=O) groups is 2. The Morgan fingerprint density at radius 2 is 2.00 bits per heavy atom. The third kappa shape index (κ3) is 3.04. The van der Waals surface area contributed by atoms with E-state index < -0.39 is 6.09 Å². The number of cyclic esters (lactones) is 1. The molecule has 1 N–H and O–H groups in total. The van der Waals surface area contributed by atoms with E-state index >= 15 is 0 Å². The maximum absolute atomic E-state index is 11.9. The van der Waals surface area contributed by atoms with E-state index in [-0.39, 0.29) is 30.7 Å². The highest BCUT2D eigenvalue weighted by Gasteiger charge is 2.35. The zero-order chi connectivity index (χ0) is 13.9. The third-order valence-electron chi connectivity index (χ3n) is 4.02. The minimum Gasteiger partial charge on any atom is -0.448 e. The number of fused-ring (bicyclic) bond motifs is 1. The number of carbonyl (C=O) groups excluding carboxylic acids is 2. The SMILES string of the molecule is O=C(CN1CCOC1=O)NC1CCC2OCCOC2C1. The molecule has 3 rings (SSSR count). The first-order chi connectivity index (χ1) is 9.72. The zero-order valence-electron chi connectivity index (χ0n) is 11.4. The van der Waals surface area contributed by atoms with E-state index in [2.05, 4.69) is 5.32 Å². The van der Waals surface area contributed by atoms with Gasteiger partial charge in [-0.15, -0.1) is 0 Å². The smallest absolute Gasteiger partial charge is 0.410 e. The summed E-state index contributed by atoms with van der Waals surface area (Å²) >= 11 is 0. The van der Waals surface area contributed by atoms with Gasteiger partial charge in [-0.3, -0.25) is 9.69 Å². The standard InChI is InChI=1S/C13H20N2O5/c16-12(8-15-3-4-20-13(15)17)14-9-1-2-10-11(7-9)19-6-5-18-10/h9-11H,1-8H2,(H,14,16). The minimum absolute atomic E-state index is 0.0702. The molecule has 3 atom stereocenters. The number of amides is 2. The van der Waals surface area contributed by atoms with Gasteiger partial charge in [-0.2, -0.15) is 0 Å². The maximum atomic E-state index is 11.9. The first kappa shape index (κ1) is 13.6. The molecule has 2 saturated heterocycles. The molecule has 3 fully saturated rings. The van der Waals surface area contributed by atoms with Crippen molar-refractivity contribution in [2.45, 2.75) is 37.5 Å². The van der Waals surface area contributed by atoms with E-state index in [0.717, 1.165) is 19.3 Å². The van der Waals surface area contributed by atoms with Crippen LogP contribution < -0.4 is 5.32 Å². The molecule has 3 unspecified atom stereocenters. The predicted octanol–water partition coefficient (Wildman–Crippen LogP) is -0.109. The monoisotopic (exact) mass is 284 g/mol. The van der Waals surface area contributed by atoms with Gasteiger partial charge < -0.3 is 19.5 Å². The Hall–Kier alpha value is -1.34. The van der Waals surface area contributed by atoms with Crippen molar-refractivity contribution in [1.82, 2.24) is 10.2 Å². The van der Waals surface area contributed by atoms with Gasteiger partial charge in [0.25, 0.3) is 0 Å². The Kier molecular flexibility index (Phi) is 4.07. The summed E-state index contributed by atoms with van der Waals surface area (Å²) in [7, 11) is 0. The summed E-state index contributed by atoms with van der Waals surface area (Å²) in [5.74, 6) is -0.135. The fourth-order valence-corrected chi connectivity index (χ4v) is 3.01. The Morgan fingerprint density at radius 1 is 1.20 bits per heavy atom. The van der Waals surface area contributed by atoms with Gasteiger partial charge in [0.15, 0.2) is 0 Å². The van der Waals surface area contributed by atoms with Crippen molar-refractivity contribution < 1.29 is 23.8 Å². The van der Waals surface area contributed by atoms with Crippen LogP contribution in [-0.2, 0) is 19.0 Å². The summed E-state index contributed by atoms with van der Waals surface area (Å²) in [6.45, 7) is 2.21. The molecule has 112 valence electrons. The molecule has 2 amide bonds. The van der Waals surface area contributed by atoms with Crippen LogP contribution in [-0.4, -0.2) is 68.1 Å². The molecule has 2 aliphatic heterocycles. The van der Waals surface area contributed by atoms with Crippen molar-refractivity contribution >= 4 is 12.0 Å². The normalized spacial score (nSPS) is 33.5. The Labute approximate surface area is 117 Å². The second kappa shape index (κ2) is 5.97. The molecule has 0 radical (unpaired) electrons. The van der Waals surface area contributed by atoms with Crippen LogP contribution in [0.25, 0.3) is 0 Å². The average Bonchev–Trinajstić information content (AvgIpc) is 2.84. The molecule has 0 aromatic rings. The van der Waals surface area contributed by atoms with Gasteiger partial charge in [0.1, 0.15) is 13.2 Å². The van der Waals surface area contributed by atoms with Crippen molar-refractivity contribution in [2.75, 3.05) is 32.9 Å². The van der Waals surface area contributed by atoms with Crippen molar-refractivity contribution in [3.8, 4) is 0 Å². The molecule has 7 nitrogen and oxygen atoms in total. The molecule has 0 spiro atoms. The highest BCUT2D eigenvalue weighted by Crippen LogP contribution is 2.26. The first-order valence-electron chi connectivity index (χ1n) is 7.16. The lowest BCUT2D eigenvalue weighted by Gasteiger charge is -2.39. The van der Waals surface area contributed by atoms with Gasteiger partial charge >= 0.3 is 6.09 Å². The van der Waals surface area contributed by atoms with Gasteiger partial charge in [-0.05, 0) is 19.3 Å². The molecular weight excluding hydrogens is 264 g/mol. The summed E-state index contributed by atoms with van der Waals surface area (Å²) < 4.78 is 16.1. The molecule has 2 heterocycles. The Morgan fingerprint density at radius 3 is 2.75 bits per heavy atom. The van der Waals surface area contributed by atoms with Crippen molar-refractivity contribution in [3.05, 3.63) is 0 Å². The molecule has 0 bridgehead atoms. The number of nitrogens with zero attached hydrogens (tertiary/aromatic N) is 1. The summed E-state index contributed by atoms with van der Waals surface area (Å²) in [5, 5.41) is 2.98. The molecule has 7 heteroatoms. The second-order valence-electron chi connectivity index (χ2n) is 5.43. The number of ether oxygens (including phenoxy) is 3. The highest BCUT2D eigenvalue weighted by atomic mass is 16.6. The van der Waals surface area contributed by atoms with E-state index in [9.17, 15) is 9.59 Å². The van der Waals surface area contributed by atoms with Crippen molar-refractivity contribution in [1.29, 1.82) is 0 Å². The van der Waals surface area contributed by atoms with E-state index in [1.165, 1.54) is 4.90 Å². The van der Waals surface area contributed by atoms with Gasteiger partial charge in [0.2, 0.25) is 5.91 Å². The summed E-state index contributed by atoms with van der Waals surface area (Å²) in [5.41, 5.74) is 0. The van der Waals surface area contributed by atoms with Crippen LogP contribution in [0.3, 0.4) is 0 Å². The van der Waals surface area contributed by atoms with E-state index in [1.807, 2.05) is 0 Å². The van der Waals surface area contributed by atoms with Gasteiger partial charge in [-0.25, -0.2) is 4.79 Å². The summed E-state index contributed by atoms with van der Waals surface area (Å²) in [4.78, 5) is 24.6. The van der Waals surface area contributed by atoms with Crippen LogP contribution in [0.1, 0.15) is 19.3 Å². The van der Waals surface area contributed by atoms with Gasteiger partial charge in [-0.1, -0.05) is 0 Å². The number of rotatable bonds is 3. The van der Waals surface area contributed by atoms with Crippen LogP contribution in [0.4, 0.5) is 4.79 Å². The quantitative estimate of drug-likeness (QED) is 0.782. The molecule has 20 heavy (non-hydrogen) atoms. The van der Waals surface area contributed by atoms with Crippen molar-refractivity contribution in [2.24, 2.45) is 0 Å². The molecule has 1 aliphatic carbocycles. The molecule has 1 saturated carbocycles. The van der Waals surface area contributed by atoms with E-state index in [4.69, 9.17) is 14.2 Å². The lowest BCUT2D eigenvalue weighted by atomic mass is 9.89. The predicted molar refractivity (Wildman–Crippen MR) is 68.2 cm³/mol. The third-order valence-corrected chi connectivity index (χ3v) is 4.02. The van der Waals surface area contributed by atoms with Crippen LogP contribution in [0.2, 0.25) is 0 Å².